The molecule has 0 unspecified atom stereocenters. The number of nitrogens with one attached hydrogen (secondary N) is 1. The molecule has 5 rings (SSSR count). The molecule has 1 N–H and O–H groups in total. The number of aryl methyl sites for hydroxylation is 3. The first-order valence-corrected chi connectivity index (χ1v) is 11.1. The molecule has 0 saturated carbocycles. The summed E-state index contributed by atoms with van der Waals surface area (Å²) in [5.74, 6) is 0.793. The van der Waals surface area contributed by atoms with Crippen LogP contribution in [0.3, 0.4) is 0 Å². The first-order valence-electron chi connectivity index (χ1n) is 10.3. The van der Waals surface area contributed by atoms with Gasteiger partial charge in [-0.1, -0.05) is 18.2 Å². The number of amides is 1. The summed E-state index contributed by atoms with van der Waals surface area (Å²) in [6.07, 6.45) is 3.76. The normalized spacial score (nSPS) is 11.2. The van der Waals surface area contributed by atoms with Crippen LogP contribution in [0.1, 0.15) is 27.4 Å². The number of anilines is 1. The van der Waals surface area contributed by atoms with Gasteiger partial charge in [0.25, 0.3) is 5.91 Å². The van der Waals surface area contributed by atoms with Crippen LogP contribution >= 0.6 is 11.3 Å². The molecule has 0 bridgehead atoms. The monoisotopic (exact) mass is 442 g/mol. The van der Waals surface area contributed by atoms with Crippen LogP contribution in [0.25, 0.3) is 21.6 Å². The Kier molecular flexibility index (Phi) is 5.07. The lowest BCUT2D eigenvalue weighted by atomic mass is 10.1. The minimum Gasteiger partial charge on any atom is -0.331 e. The SMILES string of the molecule is Cc1nn(C)c2nc(-c3cccs3)cc(C(=O)Nc3ccc(Cn4ccnc4C)cc3)c12. The fourth-order valence-electron chi connectivity index (χ4n) is 3.83. The summed E-state index contributed by atoms with van der Waals surface area (Å²) < 4.78 is 3.81. The third-order valence-corrected chi connectivity index (χ3v) is 6.37. The van der Waals surface area contributed by atoms with Gasteiger partial charge in [-0.2, -0.15) is 5.10 Å². The van der Waals surface area contributed by atoms with Crippen LogP contribution in [-0.2, 0) is 13.6 Å². The number of pyridine rings is 1. The maximum absolute atomic E-state index is 13.3. The molecule has 0 aliphatic carbocycles. The van der Waals surface area contributed by atoms with Crippen LogP contribution in [0.2, 0.25) is 0 Å². The number of carbonyl (C=O) groups is 1. The van der Waals surface area contributed by atoms with Crippen LogP contribution in [-0.4, -0.2) is 30.2 Å². The second kappa shape index (κ2) is 8.05. The van der Waals surface area contributed by atoms with E-state index in [0.29, 0.717) is 11.2 Å². The van der Waals surface area contributed by atoms with E-state index in [1.165, 1.54) is 0 Å². The van der Waals surface area contributed by atoms with Gasteiger partial charge in [0, 0.05) is 31.7 Å². The highest BCUT2D eigenvalue weighted by molar-refractivity contribution is 7.13. The van der Waals surface area contributed by atoms with Crippen molar-refractivity contribution >= 4 is 34.0 Å². The molecule has 0 radical (unpaired) electrons. The maximum Gasteiger partial charge on any atom is 0.256 e. The highest BCUT2D eigenvalue weighted by Crippen LogP contribution is 2.29. The third-order valence-electron chi connectivity index (χ3n) is 5.48. The number of fused-ring (bicyclic) bond motifs is 1. The first-order chi connectivity index (χ1) is 15.5. The van der Waals surface area contributed by atoms with Crippen molar-refractivity contribution in [1.82, 2.24) is 24.3 Å². The van der Waals surface area contributed by atoms with Crippen molar-refractivity contribution in [3.05, 3.63) is 82.9 Å². The minimum absolute atomic E-state index is 0.176. The van der Waals surface area contributed by atoms with Gasteiger partial charge in [0.15, 0.2) is 5.65 Å². The molecule has 1 amide bonds. The number of imidazole rings is 1. The summed E-state index contributed by atoms with van der Waals surface area (Å²) in [5.41, 5.74) is 4.70. The van der Waals surface area contributed by atoms with E-state index in [9.17, 15) is 4.79 Å². The van der Waals surface area contributed by atoms with Gasteiger partial charge in [0.05, 0.1) is 27.2 Å². The van der Waals surface area contributed by atoms with Crippen LogP contribution in [0, 0.1) is 13.8 Å². The Morgan fingerprint density at radius 2 is 1.97 bits per heavy atom. The Labute approximate surface area is 189 Å². The zero-order valence-electron chi connectivity index (χ0n) is 18.0. The Morgan fingerprint density at radius 1 is 1.16 bits per heavy atom. The molecule has 0 aliphatic rings. The Bertz CT molecular complexity index is 1410. The lowest BCUT2D eigenvalue weighted by Crippen LogP contribution is -2.13. The van der Waals surface area contributed by atoms with E-state index in [1.54, 1.807) is 22.2 Å². The molecular formula is C24H22N6OS. The number of aromatic nitrogens is 5. The number of benzene rings is 1. The lowest BCUT2D eigenvalue weighted by molar-refractivity contribution is 0.102. The summed E-state index contributed by atoms with van der Waals surface area (Å²) in [6.45, 7) is 4.62. The standard InChI is InChI=1S/C24H22N6OS/c1-15-22-19(13-20(21-5-4-12-32-21)27-23(22)29(3)28-15)24(31)26-18-8-6-17(7-9-18)14-30-11-10-25-16(30)2/h4-13H,14H2,1-3H3,(H,26,31). The van der Waals surface area contributed by atoms with Gasteiger partial charge in [-0.25, -0.2) is 9.97 Å². The van der Waals surface area contributed by atoms with Gasteiger partial charge < -0.3 is 9.88 Å². The minimum atomic E-state index is -0.176. The molecule has 0 saturated heterocycles. The topological polar surface area (TPSA) is 77.6 Å². The molecule has 5 aromatic rings. The highest BCUT2D eigenvalue weighted by Gasteiger charge is 2.19. The van der Waals surface area contributed by atoms with Gasteiger partial charge in [-0.15, -0.1) is 11.3 Å². The van der Waals surface area contributed by atoms with Crippen molar-refractivity contribution < 1.29 is 4.79 Å². The Hall–Kier alpha value is -3.78. The molecular weight excluding hydrogens is 420 g/mol. The predicted molar refractivity (Wildman–Crippen MR) is 127 cm³/mol. The molecule has 1 aromatic carbocycles. The molecule has 0 fully saturated rings. The largest absolute Gasteiger partial charge is 0.331 e. The summed E-state index contributed by atoms with van der Waals surface area (Å²) in [7, 11) is 1.85. The van der Waals surface area contributed by atoms with Crippen LogP contribution < -0.4 is 5.32 Å². The van der Waals surface area contributed by atoms with Gasteiger partial charge in [0.2, 0.25) is 0 Å². The lowest BCUT2D eigenvalue weighted by Gasteiger charge is -2.10. The Morgan fingerprint density at radius 3 is 2.66 bits per heavy atom. The number of carbonyl (C=O) groups excluding carboxylic acids is 1. The number of rotatable bonds is 5. The average molecular weight is 443 g/mol. The maximum atomic E-state index is 13.3. The van der Waals surface area contributed by atoms with Gasteiger partial charge >= 0.3 is 0 Å². The predicted octanol–water partition coefficient (Wildman–Crippen LogP) is 4.81. The number of hydrogen-bond acceptors (Lipinski definition) is 5. The summed E-state index contributed by atoms with van der Waals surface area (Å²) >= 11 is 1.60. The number of nitrogens with zero attached hydrogens (tertiary/aromatic N) is 5. The number of thiophene rings is 1. The Balaban J connectivity index is 1.45. The van der Waals surface area contributed by atoms with Crippen molar-refractivity contribution in [1.29, 1.82) is 0 Å². The average Bonchev–Trinajstić information content (AvgIpc) is 3.52. The fraction of sp³-hybridized carbons (Fsp3) is 0.167. The molecule has 8 heteroatoms. The van der Waals surface area contributed by atoms with E-state index in [2.05, 4.69) is 20.0 Å². The van der Waals surface area contributed by atoms with E-state index in [1.807, 2.05) is 74.9 Å². The van der Waals surface area contributed by atoms with Crippen LogP contribution in [0.4, 0.5) is 5.69 Å². The molecule has 4 aromatic heterocycles. The molecule has 0 aliphatic heterocycles. The highest BCUT2D eigenvalue weighted by atomic mass is 32.1. The summed E-state index contributed by atoms with van der Waals surface area (Å²) in [5, 5.41) is 10.3. The van der Waals surface area contributed by atoms with Crippen molar-refractivity contribution in [2.75, 3.05) is 5.32 Å². The smallest absolute Gasteiger partial charge is 0.256 e. The second-order valence-electron chi connectivity index (χ2n) is 7.69. The van der Waals surface area contributed by atoms with Crippen molar-refractivity contribution in [3.63, 3.8) is 0 Å². The zero-order valence-corrected chi connectivity index (χ0v) is 18.8. The summed E-state index contributed by atoms with van der Waals surface area (Å²) in [4.78, 5) is 23.3. The fourth-order valence-corrected chi connectivity index (χ4v) is 4.52. The van der Waals surface area contributed by atoms with Crippen LogP contribution in [0.15, 0.2) is 60.2 Å². The van der Waals surface area contributed by atoms with E-state index in [-0.39, 0.29) is 5.91 Å². The first kappa shape index (κ1) is 20.1. The van der Waals surface area contributed by atoms with E-state index >= 15 is 0 Å². The molecule has 4 heterocycles. The van der Waals surface area contributed by atoms with E-state index in [4.69, 9.17) is 4.98 Å². The van der Waals surface area contributed by atoms with Crippen molar-refractivity contribution in [2.24, 2.45) is 7.05 Å². The van der Waals surface area contributed by atoms with Gasteiger partial charge in [-0.05, 0) is 49.1 Å². The molecule has 7 nitrogen and oxygen atoms in total. The van der Waals surface area contributed by atoms with E-state index in [0.717, 1.165) is 45.3 Å². The molecule has 160 valence electrons. The number of hydrogen-bond donors (Lipinski definition) is 1. The molecule has 32 heavy (non-hydrogen) atoms. The van der Waals surface area contributed by atoms with Crippen LogP contribution in [0.5, 0.6) is 0 Å². The van der Waals surface area contributed by atoms with Gasteiger partial charge in [0.1, 0.15) is 5.82 Å². The van der Waals surface area contributed by atoms with Gasteiger partial charge in [-0.3, -0.25) is 9.48 Å². The second-order valence-corrected chi connectivity index (χ2v) is 8.64. The summed E-state index contributed by atoms with van der Waals surface area (Å²) in [6, 6.07) is 13.7. The molecule has 0 atom stereocenters. The van der Waals surface area contributed by atoms with Crippen molar-refractivity contribution in [2.45, 2.75) is 20.4 Å². The molecule has 0 spiro atoms. The van der Waals surface area contributed by atoms with E-state index < -0.39 is 0 Å². The third kappa shape index (κ3) is 3.69. The van der Waals surface area contributed by atoms with Crippen molar-refractivity contribution in [3.8, 4) is 10.6 Å². The quantitative estimate of drug-likeness (QED) is 0.424. The zero-order chi connectivity index (χ0) is 22.2.